The van der Waals surface area contributed by atoms with Gasteiger partial charge in [0, 0.05) is 12.7 Å². The molecule has 5 rings (SSSR count). The largest absolute Gasteiger partial charge is 0.355 e. The fraction of sp³-hybridized carbons (Fsp3) is 0.357. The van der Waals surface area contributed by atoms with Gasteiger partial charge in [0.05, 0.1) is 11.0 Å². The molecule has 0 spiro atoms. The molecule has 0 radical (unpaired) electrons. The zero-order valence-electron chi connectivity index (χ0n) is 19.8. The van der Waals surface area contributed by atoms with Gasteiger partial charge in [-0.25, -0.2) is 4.39 Å². The number of halogens is 1. The van der Waals surface area contributed by atoms with E-state index in [0.717, 1.165) is 38.4 Å². The summed E-state index contributed by atoms with van der Waals surface area (Å²) in [5.41, 5.74) is 2.68. The number of carbonyl (C=O) groups excluding carboxylic acids is 1. The molecule has 1 N–H and O–H groups in total. The Morgan fingerprint density at radius 1 is 0.971 bits per heavy atom. The van der Waals surface area contributed by atoms with Crippen molar-refractivity contribution in [2.75, 3.05) is 26.2 Å². The van der Waals surface area contributed by atoms with Gasteiger partial charge in [-0.2, -0.15) is 0 Å². The van der Waals surface area contributed by atoms with Crippen molar-refractivity contribution in [1.82, 2.24) is 19.2 Å². The quantitative estimate of drug-likeness (QED) is 0.395. The van der Waals surface area contributed by atoms with Crippen molar-refractivity contribution in [1.29, 1.82) is 0 Å². The summed E-state index contributed by atoms with van der Waals surface area (Å²) in [6, 6.07) is 18.5. The molecule has 2 aromatic heterocycles. The first kappa shape index (κ1) is 23.3. The Labute approximate surface area is 204 Å². The average molecular weight is 475 g/mol. The van der Waals surface area contributed by atoms with Crippen LogP contribution < -0.4 is 10.9 Å². The van der Waals surface area contributed by atoms with Gasteiger partial charge in [-0.1, -0.05) is 30.3 Å². The highest BCUT2D eigenvalue weighted by molar-refractivity contribution is 5.82. The number of aromatic nitrogens is 2. The topological polar surface area (TPSA) is 58.8 Å². The fourth-order valence-electron chi connectivity index (χ4n) is 5.18. The zero-order chi connectivity index (χ0) is 24.2. The van der Waals surface area contributed by atoms with E-state index in [-0.39, 0.29) is 18.0 Å². The van der Waals surface area contributed by atoms with E-state index in [9.17, 15) is 14.0 Å². The van der Waals surface area contributed by atoms with Gasteiger partial charge in [-0.3, -0.25) is 14.2 Å². The summed E-state index contributed by atoms with van der Waals surface area (Å²) in [5, 5.41) is 2.93. The van der Waals surface area contributed by atoms with Gasteiger partial charge in [0.15, 0.2) is 0 Å². The number of carbonyl (C=O) groups is 1. The second-order valence-electron chi connectivity index (χ2n) is 9.47. The molecule has 1 aliphatic heterocycles. The van der Waals surface area contributed by atoms with Gasteiger partial charge >= 0.3 is 0 Å². The molecule has 182 valence electrons. The first-order valence-corrected chi connectivity index (χ1v) is 12.4. The number of fused-ring (bicyclic) bond motifs is 3. The number of piperidine rings is 1. The molecule has 0 saturated carbocycles. The van der Waals surface area contributed by atoms with Crippen LogP contribution in [0.2, 0.25) is 0 Å². The summed E-state index contributed by atoms with van der Waals surface area (Å²) >= 11 is 0. The molecule has 2 aromatic carbocycles. The Hall–Kier alpha value is -3.45. The van der Waals surface area contributed by atoms with Gasteiger partial charge in [0.25, 0.3) is 5.56 Å². The third-order valence-corrected chi connectivity index (χ3v) is 7.05. The predicted molar refractivity (Wildman–Crippen MR) is 136 cm³/mol. The minimum atomic E-state index is -0.440. The van der Waals surface area contributed by atoms with E-state index in [1.54, 1.807) is 28.8 Å². The molecule has 0 atom stereocenters. The number of likely N-dealkylation sites (tertiary alicyclic amines) is 1. The molecule has 1 saturated heterocycles. The van der Waals surface area contributed by atoms with E-state index in [1.807, 2.05) is 0 Å². The number of nitrogens with zero attached hydrogens (tertiary/aromatic N) is 3. The molecular weight excluding hydrogens is 443 g/mol. The van der Waals surface area contributed by atoms with E-state index in [1.165, 1.54) is 35.1 Å². The molecule has 0 unspecified atom stereocenters. The SMILES string of the molecule is O=C(Cn1c(=O)c2cccn2c2ccc(F)cc21)NCCCN1CCC(Cc2ccccc2)CC1. The maximum Gasteiger partial charge on any atom is 0.275 e. The fourth-order valence-corrected chi connectivity index (χ4v) is 5.18. The number of nitrogens with one attached hydrogen (secondary N) is 1. The lowest BCUT2D eigenvalue weighted by Crippen LogP contribution is -2.37. The average Bonchev–Trinajstić information content (AvgIpc) is 3.36. The third-order valence-electron chi connectivity index (χ3n) is 7.05. The summed E-state index contributed by atoms with van der Waals surface area (Å²) in [5.74, 6) is 0.0597. The summed E-state index contributed by atoms with van der Waals surface area (Å²) in [4.78, 5) is 28.1. The highest BCUT2D eigenvalue weighted by atomic mass is 19.1. The second-order valence-corrected chi connectivity index (χ2v) is 9.47. The van der Waals surface area contributed by atoms with Gasteiger partial charge in [-0.05, 0) is 87.1 Å². The van der Waals surface area contributed by atoms with Crippen molar-refractivity contribution in [3.05, 3.63) is 88.6 Å². The monoisotopic (exact) mass is 474 g/mol. The van der Waals surface area contributed by atoms with Crippen molar-refractivity contribution in [3.8, 4) is 0 Å². The van der Waals surface area contributed by atoms with E-state index >= 15 is 0 Å². The Morgan fingerprint density at radius 3 is 2.57 bits per heavy atom. The molecule has 6 nitrogen and oxygen atoms in total. The van der Waals surface area contributed by atoms with Crippen molar-refractivity contribution < 1.29 is 9.18 Å². The second kappa shape index (κ2) is 10.4. The minimum Gasteiger partial charge on any atom is -0.355 e. The Balaban J connectivity index is 1.11. The smallest absolute Gasteiger partial charge is 0.275 e. The third kappa shape index (κ3) is 5.30. The molecule has 7 heteroatoms. The highest BCUT2D eigenvalue weighted by Crippen LogP contribution is 2.21. The lowest BCUT2D eigenvalue weighted by molar-refractivity contribution is -0.121. The number of hydrogen-bond donors (Lipinski definition) is 1. The van der Waals surface area contributed by atoms with Crippen LogP contribution >= 0.6 is 0 Å². The van der Waals surface area contributed by atoms with Crippen molar-refractivity contribution in [2.45, 2.75) is 32.2 Å². The van der Waals surface area contributed by atoms with Gasteiger partial charge in [-0.15, -0.1) is 0 Å². The number of benzene rings is 2. The van der Waals surface area contributed by atoms with E-state index in [2.05, 4.69) is 40.5 Å². The predicted octanol–water partition coefficient (Wildman–Crippen LogP) is 3.85. The number of rotatable bonds is 8. The molecule has 35 heavy (non-hydrogen) atoms. The Morgan fingerprint density at radius 2 is 1.77 bits per heavy atom. The van der Waals surface area contributed by atoms with E-state index in [4.69, 9.17) is 0 Å². The lowest BCUT2D eigenvalue weighted by Gasteiger charge is -2.32. The molecule has 1 aliphatic rings. The minimum absolute atomic E-state index is 0.134. The van der Waals surface area contributed by atoms with Crippen LogP contribution in [0.1, 0.15) is 24.8 Å². The van der Waals surface area contributed by atoms with E-state index in [0.29, 0.717) is 23.1 Å². The molecule has 0 bridgehead atoms. The standard InChI is InChI=1S/C28H31FN4O2/c29-23-9-10-24-26(19-23)33(28(35)25-8-4-15-32(24)25)20-27(34)30-13-5-14-31-16-11-22(12-17-31)18-21-6-2-1-3-7-21/h1-4,6-10,15,19,22H,5,11-14,16-18,20H2,(H,30,34). The van der Waals surface area contributed by atoms with Gasteiger partial charge in [0.1, 0.15) is 17.9 Å². The van der Waals surface area contributed by atoms with Crippen molar-refractivity contribution >= 4 is 22.5 Å². The van der Waals surface area contributed by atoms with Gasteiger partial charge in [0.2, 0.25) is 5.91 Å². The molecule has 1 amide bonds. The van der Waals surface area contributed by atoms with Crippen LogP contribution in [0.4, 0.5) is 4.39 Å². The first-order chi connectivity index (χ1) is 17.1. The zero-order valence-corrected chi connectivity index (χ0v) is 19.8. The molecular formula is C28H31FN4O2. The first-order valence-electron chi connectivity index (χ1n) is 12.4. The number of hydrogen-bond acceptors (Lipinski definition) is 3. The van der Waals surface area contributed by atoms with Crippen LogP contribution in [0.3, 0.4) is 0 Å². The highest BCUT2D eigenvalue weighted by Gasteiger charge is 2.19. The Kier molecular flexibility index (Phi) is 6.95. The lowest BCUT2D eigenvalue weighted by atomic mass is 9.90. The molecule has 3 heterocycles. The van der Waals surface area contributed by atoms with Crippen LogP contribution in [0.25, 0.3) is 16.6 Å². The van der Waals surface area contributed by atoms with Crippen molar-refractivity contribution in [2.24, 2.45) is 5.92 Å². The maximum absolute atomic E-state index is 13.9. The Bertz CT molecular complexity index is 1370. The van der Waals surface area contributed by atoms with E-state index < -0.39 is 5.82 Å². The normalized spacial score (nSPS) is 15.1. The van der Waals surface area contributed by atoms with Crippen molar-refractivity contribution in [3.63, 3.8) is 0 Å². The number of amides is 1. The summed E-state index contributed by atoms with van der Waals surface area (Å²) in [7, 11) is 0. The molecule has 1 fully saturated rings. The summed E-state index contributed by atoms with van der Waals surface area (Å²) in [6.45, 7) is 3.55. The van der Waals surface area contributed by atoms with Crippen LogP contribution in [0, 0.1) is 11.7 Å². The van der Waals surface area contributed by atoms with Crippen LogP contribution in [0.15, 0.2) is 71.7 Å². The molecule has 4 aromatic rings. The molecule has 0 aliphatic carbocycles. The van der Waals surface area contributed by atoms with Crippen LogP contribution in [-0.4, -0.2) is 46.0 Å². The summed E-state index contributed by atoms with van der Waals surface area (Å²) in [6.07, 6.45) is 6.19. The van der Waals surface area contributed by atoms with Crippen LogP contribution in [0.5, 0.6) is 0 Å². The van der Waals surface area contributed by atoms with Gasteiger partial charge < -0.3 is 14.6 Å². The maximum atomic E-state index is 13.9. The van der Waals surface area contributed by atoms with Crippen LogP contribution in [-0.2, 0) is 17.8 Å². The summed E-state index contributed by atoms with van der Waals surface area (Å²) < 4.78 is 17.0.